The molecule has 0 fully saturated rings. The average Bonchev–Trinajstić information content (AvgIpc) is 3.08. The molecule has 0 radical (unpaired) electrons. The number of esters is 1. The molecule has 0 bridgehead atoms. The van der Waals surface area contributed by atoms with E-state index >= 15 is 0 Å². The van der Waals surface area contributed by atoms with E-state index < -0.39 is 46.8 Å². The molecule has 9 nitrogen and oxygen atoms in total. The van der Waals surface area contributed by atoms with Crippen molar-refractivity contribution in [1.82, 2.24) is 4.90 Å². The Hall–Kier alpha value is -4.37. The summed E-state index contributed by atoms with van der Waals surface area (Å²) in [7, 11) is 0. The average molecular weight is 479 g/mol. The Balaban J connectivity index is 1.58. The number of ether oxygens (including phenoxy) is 1. The van der Waals surface area contributed by atoms with Gasteiger partial charge in [0.15, 0.2) is 6.10 Å². The predicted octanol–water partition coefficient (Wildman–Crippen LogP) is 4.01. The van der Waals surface area contributed by atoms with E-state index in [4.69, 9.17) is 16.3 Å². The van der Waals surface area contributed by atoms with Crippen LogP contribution in [0.1, 0.15) is 42.7 Å². The fourth-order valence-corrected chi connectivity index (χ4v) is 3.70. The van der Waals surface area contributed by atoms with Gasteiger partial charge in [-0.1, -0.05) is 48.0 Å². The van der Waals surface area contributed by atoms with E-state index in [0.717, 1.165) is 6.07 Å². The van der Waals surface area contributed by atoms with Gasteiger partial charge in [-0.05, 0) is 30.3 Å². The SMILES string of the molecule is O=C(CN1C(=O)c2cccc([N+](=O)[O-])c2C1=O)O[C@H](C(=O)c1ccc(Cl)cc1)c1ccccc1. The highest BCUT2D eigenvalue weighted by Gasteiger charge is 2.42. The summed E-state index contributed by atoms with van der Waals surface area (Å²) >= 11 is 5.88. The largest absolute Gasteiger partial charge is 0.448 e. The van der Waals surface area contributed by atoms with E-state index in [1.165, 1.54) is 36.4 Å². The van der Waals surface area contributed by atoms with Crippen LogP contribution in [0, 0.1) is 10.1 Å². The summed E-state index contributed by atoms with van der Waals surface area (Å²) in [5.74, 6) is -3.41. The number of hydrogen-bond acceptors (Lipinski definition) is 7. The van der Waals surface area contributed by atoms with Crippen LogP contribution in [0.3, 0.4) is 0 Å². The zero-order valence-electron chi connectivity index (χ0n) is 17.3. The van der Waals surface area contributed by atoms with Crippen LogP contribution in [-0.4, -0.2) is 39.9 Å². The van der Waals surface area contributed by atoms with Crippen LogP contribution in [0.2, 0.25) is 5.02 Å². The van der Waals surface area contributed by atoms with Crippen molar-refractivity contribution in [2.45, 2.75) is 6.10 Å². The predicted molar refractivity (Wildman–Crippen MR) is 120 cm³/mol. The van der Waals surface area contributed by atoms with Gasteiger partial charge in [-0.2, -0.15) is 0 Å². The number of nitro groups is 1. The van der Waals surface area contributed by atoms with Crippen LogP contribution in [0.5, 0.6) is 0 Å². The van der Waals surface area contributed by atoms with E-state index in [-0.39, 0.29) is 16.7 Å². The maximum absolute atomic E-state index is 13.1. The molecule has 0 saturated carbocycles. The molecule has 2 amide bonds. The first-order valence-electron chi connectivity index (χ1n) is 9.95. The standard InChI is InChI=1S/C24H15ClN2O7/c25-16-11-9-14(10-12-16)21(29)22(15-5-2-1-3-6-15)34-19(28)13-26-23(30)17-7-4-8-18(27(32)33)20(17)24(26)31/h1-12,22H,13H2/t22-/m0/s1. The maximum Gasteiger partial charge on any atom is 0.327 e. The van der Waals surface area contributed by atoms with Gasteiger partial charge >= 0.3 is 5.97 Å². The molecule has 0 N–H and O–H groups in total. The van der Waals surface area contributed by atoms with Crippen molar-refractivity contribution in [3.63, 3.8) is 0 Å². The number of nitro benzene ring substituents is 1. The van der Waals surface area contributed by atoms with Gasteiger partial charge in [0.2, 0.25) is 5.78 Å². The molecule has 0 unspecified atom stereocenters. The summed E-state index contributed by atoms with van der Waals surface area (Å²) in [5, 5.41) is 11.7. The third-order valence-corrected chi connectivity index (χ3v) is 5.43. The van der Waals surface area contributed by atoms with Crippen LogP contribution >= 0.6 is 11.6 Å². The third kappa shape index (κ3) is 4.28. The van der Waals surface area contributed by atoms with E-state index in [9.17, 15) is 29.3 Å². The van der Waals surface area contributed by atoms with Crippen molar-refractivity contribution in [3.05, 3.63) is 110 Å². The highest BCUT2D eigenvalue weighted by atomic mass is 35.5. The number of amides is 2. The number of halogens is 1. The summed E-state index contributed by atoms with van der Waals surface area (Å²) in [6, 6.07) is 17.9. The maximum atomic E-state index is 13.1. The second-order valence-corrected chi connectivity index (χ2v) is 7.74. The highest BCUT2D eigenvalue weighted by Crippen LogP contribution is 2.31. The van der Waals surface area contributed by atoms with Gasteiger partial charge in [-0.3, -0.25) is 34.2 Å². The highest BCUT2D eigenvalue weighted by molar-refractivity contribution is 6.30. The summed E-state index contributed by atoms with van der Waals surface area (Å²) in [5.41, 5.74) is -0.478. The minimum atomic E-state index is -1.35. The lowest BCUT2D eigenvalue weighted by atomic mass is 10.00. The number of ketones is 1. The van der Waals surface area contributed by atoms with Crippen molar-refractivity contribution >= 4 is 40.9 Å². The van der Waals surface area contributed by atoms with Crippen LogP contribution in [0.25, 0.3) is 0 Å². The molecule has 3 aromatic rings. The molecule has 0 saturated heterocycles. The van der Waals surface area contributed by atoms with E-state index in [1.807, 2.05) is 0 Å². The minimum Gasteiger partial charge on any atom is -0.448 e. The van der Waals surface area contributed by atoms with Gasteiger partial charge in [0.25, 0.3) is 17.5 Å². The molecule has 1 atom stereocenters. The Morgan fingerprint density at radius 3 is 2.26 bits per heavy atom. The Morgan fingerprint density at radius 1 is 0.941 bits per heavy atom. The lowest BCUT2D eigenvalue weighted by molar-refractivity contribution is -0.385. The number of nitrogens with zero attached hydrogens (tertiary/aromatic N) is 2. The van der Waals surface area contributed by atoms with Crippen LogP contribution in [0.15, 0.2) is 72.8 Å². The van der Waals surface area contributed by atoms with Crippen LogP contribution < -0.4 is 0 Å². The summed E-state index contributed by atoms with van der Waals surface area (Å²) < 4.78 is 5.42. The van der Waals surface area contributed by atoms with Crippen molar-refractivity contribution in [2.24, 2.45) is 0 Å². The zero-order valence-corrected chi connectivity index (χ0v) is 18.1. The topological polar surface area (TPSA) is 124 Å². The summed E-state index contributed by atoms with van der Waals surface area (Å²) in [6.07, 6.45) is -1.35. The molecule has 170 valence electrons. The molecule has 0 aromatic heterocycles. The minimum absolute atomic E-state index is 0.177. The van der Waals surface area contributed by atoms with Crippen molar-refractivity contribution in [3.8, 4) is 0 Å². The van der Waals surface area contributed by atoms with E-state index in [1.54, 1.807) is 30.3 Å². The van der Waals surface area contributed by atoms with Gasteiger partial charge in [0.05, 0.1) is 10.5 Å². The first-order valence-corrected chi connectivity index (χ1v) is 10.3. The molecular weight excluding hydrogens is 464 g/mol. The zero-order chi connectivity index (χ0) is 24.4. The lowest BCUT2D eigenvalue weighted by Crippen LogP contribution is -2.36. The molecule has 1 heterocycles. The normalized spacial score (nSPS) is 13.4. The first kappa shape index (κ1) is 22.8. The molecule has 0 aliphatic carbocycles. The number of carbonyl (C=O) groups excluding carboxylic acids is 4. The fourth-order valence-electron chi connectivity index (χ4n) is 3.58. The van der Waals surface area contributed by atoms with Crippen LogP contribution in [-0.2, 0) is 9.53 Å². The summed E-state index contributed by atoms with van der Waals surface area (Å²) in [6.45, 7) is -0.819. The Kier molecular flexibility index (Phi) is 6.20. The van der Waals surface area contributed by atoms with E-state index in [2.05, 4.69) is 0 Å². The Morgan fingerprint density at radius 2 is 1.62 bits per heavy atom. The molecule has 1 aliphatic heterocycles. The third-order valence-electron chi connectivity index (χ3n) is 5.18. The van der Waals surface area contributed by atoms with Crippen molar-refractivity contribution in [2.75, 3.05) is 6.54 Å². The number of rotatable bonds is 7. The van der Waals surface area contributed by atoms with Gasteiger partial charge in [-0.15, -0.1) is 0 Å². The van der Waals surface area contributed by atoms with Crippen molar-refractivity contribution in [1.29, 1.82) is 0 Å². The van der Waals surface area contributed by atoms with Gasteiger partial charge in [0.1, 0.15) is 12.1 Å². The fraction of sp³-hybridized carbons (Fsp3) is 0.0833. The quantitative estimate of drug-likeness (QED) is 0.165. The first-order chi connectivity index (χ1) is 16.3. The molecule has 3 aromatic carbocycles. The lowest BCUT2D eigenvalue weighted by Gasteiger charge is -2.19. The van der Waals surface area contributed by atoms with Crippen LogP contribution in [0.4, 0.5) is 5.69 Å². The number of hydrogen-bond donors (Lipinski definition) is 0. The van der Waals surface area contributed by atoms with Gasteiger partial charge in [-0.25, -0.2) is 0 Å². The Labute approximate surface area is 197 Å². The van der Waals surface area contributed by atoms with Gasteiger partial charge < -0.3 is 4.74 Å². The number of Topliss-reactive ketones (excluding diaryl/α,β-unsaturated/α-hetero) is 1. The van der Waals surface area contributed by atoms with Crippen molar-refractivity contribution < 1.29 is 28.8 Å². The molecular formula is C24H15ClN2O7. The number of benzene rings is 3. The number of carbonyl (C=O) groups is 4. The molecule has 1 aliphatic rings. The Bertz CT molecular complexity index is 1320. The second kappa shape index (κ2) is 9.24. The van der Waals surface area contributed by atoms with E-state index in [0.29, 0.717) is 15.5 Å². The molecule has 10 heteroatoms. The smallest absolute Gasteiger partial charge is 0.327 e. The number of fused-ring (bicyclic) bond motifs is 1. The molecule has 34 heavy (non-hydrogen) atoms. The number of imide groups is 1. The second-order valence-electron chi connectivity index (χ2n) is 7.30. The summed E-state index contributed by atoms with van der Waals surface area (Å²) in [4.78, 5) is 62.3. The molecule has 0 spiro atoms. The van der Waals surface area contributed by atoms with Gasteiger partial charge in [0, 0.05) is 22.2 Å². The monoisotopic (exact) mass is 478 g/mol. The molecule has 4 rings (SSSR count).